The van der Waals surface area contributed by atoms with Crippen LogP contribution in [0.3, 0.4) is 0 Å². The van der Waals surface area contributed by atoms with Crippen LogP contribution in [0.5, 0.6) is 0 Å². The Hall–Kier alpha value is -0.240. The third kappa shape index (κ3) is 2.47. The van der Waals surface area contributed by atoms with Gasteiger partial charge in [-0.05, 0) is 0 Å². The van der Waals surface area contributed by atoms with E-state index in [-0.39, 0.29) is 6.61 Å². The highest BCUT2D eigenvalue weighted by Crippen LogP contribution is 2.25. The van der Waals surface area contributed by atoms with E-state index in [0.29, 0.717) is 0 Å². The largest absolute Gasteiger partial charge is 0.394 e. The first-order valence-corrected chi connectivity index (χ1v) is 4.72. The molecule has 1 rings (SSSR count). The van der Waals surface area contributed by atoms with E-state index in [4.69, 9.17) is 24.1 Å². The molecule has 0 aliphatic carbocycles. The van der Waals surface area contributed by atoms with Crippen LogP contribution in [0.15, 0.2) is 0 Å². The molecule has 2 unspecified atom stereocenters. The summed E-state index contributed by atoms with van der Waals surface area (Å²) in [4.78, 5) is 0. The van der Waals surface area contributed by atoms with Crippen molar-refractivity contribution < 1.29 is 29.2 Å². The number of aliphatic hydroxyl groups is 2. The van der Waals surface area contributed by atoms with E-state index in [9.17, 15) is 5.11 Å². The van der Waals surface area contributed by atoms with Gasteiger partial charge in [-0.1, -0.05) is 0 Å². The van der Waals surface area contributed by atoms with Gasteiger partial charge in [-0.15, -0.1) is 0 Å². The smallest absolute Gasteiger partial charge is 0.186 e. The van der Waals surface area contributed by atoms with E-state index in [1.165, 1.54) is 21.3 Å². The van der Waals surface area contributed by atoms with Crippen molar-refractivity contribution in [1.29, 1.82) is 0 Å². The molecular formula is C9H18O6. The molecule has 5 atom stereocenters. The lowest BCUT2D eigenvalue weighted by atomic mass is 9.99. The van der Waals surface area contributed by atoms with Crippen LogP contribution in [0.25, 0.3) is 0 Å². The lowest BCUT2D eigenvalue weighted by molar-refractivity contribution is -0.302. The summed E-state index contributed by atoms with van der Waals surface area (Å²) >= 11 is 0. The first kappa shape index (κ1) is 12.8. The number of methoxy groups -OCH3 is 3. The molecule has 6 heteroatoms. The third-order valence-electron chi connectivity index (χ3n) is 2.57. The first-order valence-electron chi connectivity index (χ1n) is 4.72. The zero-order chi connectivity index (χ0) is 11.4. The minimum atomic E-state index is -0.893. The summed E-state index contributed by atoms with van der Waals surface area (Å²) in [6, 6.07) is 0. The van der Waals surface area contributed by atoms with Crippen LogP contribution in [0.4, 0.5) is 0 Å². The molecule has 0 bridgehead atoms. The molecular weight excluding hydrogens is 204 g/mol. The Morgan fingerprint density at radius 3 is 2.07 bits per heavy atom. The van der Waals surface area contributed by atoms with Crippen molar-refractivity contribution in [3.8, 4) is 0 Å². The van der Waals surface area contributed by atoms with E-state index >= 15 is 0 Å². The number of ether oxygens (including phenoxy) is 4. The summed E-state index contributed by atoms with van der Waals surface area (Å²) < 4.78 is 20.5. The van der Waals surface area contributed by atoms with Crippen molar-refractivity contribution >= 4 is 0 Å². The van der Waals surface area contributed by atoms with Gasteiger partial charge in [-0.25, -0.2) is 0 Å². The fourth-order valence-corrected chi connectivity index (χ4v) is 1.77. The van der Waals surface area contributed by atoms with Gasteiger partial charge in [0, 0.05) is 21.3 Å². The molecule has 1 heterocycles. The van der Waals surface area contributed by atoms with Crippen LogP contribution in [-0.2, 0) is 18.9 Å². The molecule has 1 saturated heterocycles. The van der Waals surface area contributed by atoms with E-state index < -0.39 is 30.7 Å². The second kappa shape index (κ2) is 5.74. The fourth-order valence-electron chi connectivity index (χ4n) is 1.77. The second-order valence-electron chi connectivity index (χ2n) is 3.35. The molecule has 0 spiro atoms. The van der Waals surface area contributed by atoms with Gasteiger partial charge in [0.25, 0.3) is 0 Å². The lowest BCUT2D eigenvalue weighted by Gasteiger charge is -2.42. The number of aliphatic hydroxyl groups excluding tert-OH is 2. The zero-order valence-electron chi connectivity index (χ0n) is 9.12. The monoisotopic (exact) mass is 222 g/mol. The second-order valence-corrected chi connectivity index (χ2v) is 3.35. The standard InChI is InChI=1S/C9H18O6/c1-12-7-5(4-10)15-9(14-3)8(13-2)6(7)11/h5-11H,4H2,1-3H3/t5?,6-,7+,8?,9-/m0/s1. The maximum Gasteiger partial charge on any atom is 0.186 e. The Balaban J connectivity index is 2.76. The maximum atomic E-state index is 9.91. The number of rotatable bonds is 4. The molecule has 1 aliphatic heterocycles. The average molecular weight is 222 g/mol. The van der Waals surface area contributed by atoms with Gasteiger partial charge in [0.1, 0.15) is 24.4 Å². The third-order valence-corrected chi connectivity index (χ3v) is 2.57. The van der Waals surface area contributed by atoms with Crippen LogP contribution < -0.4 is 0 Å². The van der Waals surface area contributed by atoms with Crippen molar-refractivity contribution in [1.82, 2.24) is 0 Å². The SMILES string of the molecule is COC1[C@@H](OC)OC(CO)[C@@H](OC)[C@@H]1O. The summed E-state index contributed by atoms with van der Waals surface area (Å²) in [5.74, 6) is 0. The Kier molecular flexibility index (Phi) is 4.91. The predicted molar refractivity (Wildman–Crippen MR) is 50.4 cm³/mol. The molecule has 0 amide bonds. The molecule has 2 N–H and O–H groups in total. The van der Waals surface area contributed by atoms with Crippen molar-refractivity contribution in [2.75, 3.05) is 27.9 Å². The number of hydrogen-bond donors (Lipinski definition) is 2. The zero-order valence-corrected chi connectivity index (χ0v) is 9.12. The summed E-state index contributed by atoms with van der Waals surface area (Å²) in [6.45, 7) is -0.244. The minimum Gasteiger partial charge on any atom is -0.394 e. The molecule has 0 aromatic rings. The Morgan fingerprint density at radius 1 is 1.07 bits per heavy atom. The molecule has 90 valence electrons. The van der Waals surface area contributed by atoms with Gasteiger partial charge in [0.2, 0.25) is 0 Å². The first-order chi connectivity index (χ1) is 7.19. The highest BCUT2D eigenvalue weighted by Gasteiger charge is 2.45. The summed E-state index contributed by atoms with van der Waals surface area (Å²) in [5.41, 5.74) is 0. The Labute approximate surface area is 88.7 Å². The van der Waals surface area contributed by atoms with Crippen LogP contribution in [0, 0.1) is 0 Å². The molecule has 0 aromatic heterocycles. The fraction of sp³-hybridized carbons (Fsp3) is 1.00. The van der Waals surface area contributed by atoms with Gasteiger partial charge in [0.15, 0.2) is 6.29 Å². The molecule has 6 nitrogen and oxygen atoms in total. The molecule has 0 saturated carbocycles. The van der Waals surface area contributed by atoms with E-state index in [1.54, 1.807) is 0 Å². The van der Waals surface area contributed by atoms with Gasteiger partial charge < -0.3 is 29.2 Å². The quantitative estimate of drug-likeness (QED) is 0.618. The highest BCUT2D eigenvalue weighted by atomic mass is 16.7. The van der Waals surface area contributed by atoms with Crippen LogP contribution in [-0.4, -0.2) is 68.9 Å². The summed E-state index contributed by atoms with van der Waals surface area (Å²) in [6.07, 6.45) is -3.44. The van der Waals surface area contributed by atoms with Gasteiger partial charge in [0.05, 0.1) is 6.61 Å². The predicted octanol–water partition coefficient (Wildman–Crippen LogP) is -1.26. The average Bonchev–Trinajstić information content (AvgIpc) is 2.27. The van der Waals surface area contributed by atoms with Gasteiger partial charge in [-0.3, -0.25) is 0 Å². The number of hydrogen-bond acceptors (Lipinski definition) is 6. The van der Waals surface area contributed by atoms with Crippen molar-refractivity contribution in [3.63, 3.8) is 0 Å². The van der Waals surface area contributed by atoms with Crippen molar-refractivity contribution in [2.24, 2.45) is 0 Å². The van der Waals surface area contributed by atoms with Crippen molar-refractivity contribution in [3.05, 3.63) is 0 Å². The topological polar surface area (TPSA) is 77.4 Å². The van der Waals surface area contributed by atoms with Crippen LogP contribution >= 0.6 is 0 Å². The maximum absolute atomic E-state index is 9.91. The minimum absolute atomic E-state index is 0.244. The molecule has 1 aliphatic rings. The molecule has 1 fully saturated rings. The highest BCUT2D eigenvalue weighted by molar-refractivity contribution is 4.90. The van der Waals surface area contributed by atoms with E-state index in [2.05, 4.69) is 0 Å². The molecule has 0 radical (unpaired) electrons. The lowest BCUT2D eigenvalue weighted by Crippen LogP contribution is -2.60. The van der Waals surface area contributed by atoms with Gasteiger partial charge in [-0.2, -0.15) is 0 Å². The van der Waals surface area contributed by atoms with E-state index in [0.717, 1.165) is 0 Å². The Morgan fingerprint density at radius 2 is 1.67 bits per heavy atom. The van der Waals surface area contributed by atoms with Crippen molar-refractivity contribution in [2.45, 2.75) is 30.7 Å². The normalized spacial score (nSPS) is 41.8. The van der Waals surface area contributed by atoms with Gasteiger partial charge >= 0.3 is 0 Å². The molecule has 15 heavy (non-hydrogen) atoms. The summed E-state index contributed by atoms with van der Waals surface area (Å²) in [7, 11) is 4.35. The van der Waals surface area contributed by atoms with Crippen LogP contribution in [0.1, 0.15) is 0 Å². The Bertz CT molecular complexity index is 169. The van der Waals surface area contributed by atoms with E-state index in [1.807, 2.05) is 0 Å². The molecule has 0 aromatic carbocycles. The summed E-state index contributed by atoms with van der Waals surface area (Å²) in [5, 5.41) is 19.0. The van der Waals surface area contributed by atoms with Crippen LogP contribution in [0.2, 0.25) is 0 Å².